The van der Waals surface area contributed by atoms with Crippen molar-refractivity contribution < 1.29 is 23.8 Å². The molecule has 25 heavy (non-hydrogen) atoms. The molecule has 128 valence electrons. The van der Waals surface area contributed by atoms with E-state index in [1.165, 1.54) is 6.92 Å². The number of nitrogens with zero attached hydrogens (tertiary/aromatic N) is 1. The molecule has 6 heteroatoms. The van der Waals surface area contributed by atoms with E-state index in [9.17, 15) is 9.59 Å². The third kappa shape index (κ3) is 2.80. The van der Waals surface area contributed by atoms with Gasteiger partial charge in [0.2, 0.25) is 18.9 Å². The van der Waals surface area contributed by atoms with Gasteiger partial charge in [-0.05, 0) is 23.8 Å². The smallest absolute Gasteiger partial charge is 0.310 e. The van der Waals surface area contributed by atoms with E-state index < -0.39 is 6.23 Å². The molecule has 2 aromatic carbocycles. The van der Waals surface area contributed by atoms with Gasteiger partial charge >= 0.3 is 5.97 Å². The molecule has 0 aliphatic carbocycles. The van der Waals surface area contributed by atoms with Crippen molar-refractivity contribution in [2.24, 2.45) is 0 Å². The minimum Gasteiger partial charge on any atom is -0.454 e. The van der Waals surface area contributed by atoms with Gasteiger partial charge in [0.25, 0.3) is 0 Å². The Kier molecular flexibility index (Phi) is 3.80. The highest BCUT2D eigenvalue weighted by Crippen LogP contribution is 2.41. The molecule has 1 amide bonds. The second-order valence-electron chi connectivity index (χ2n) is 6.01. The summed E-state index contributed by atoms with van der Waals surface area (Å²) in [6.07, 6.45) is -0.663. The van der Waals surface area contributed by atoms with Crippen LogP contribution in [0.5, 0.6) is 11.5 Å². The third-order valence-corrected chi connectivity index (χ3v) is 4.42. The van der Waals surface area contributed by atoms with Crippen LogP contribution in [0.4, 0.5) is 0 Å². The molecule has 1 saturated heterocycles. The second kappa shape index (κ2) is 6.12. The highest BCUT2D eigenvalue weighted by atomic mass is 16.7. The number of rotatable bonds is 2. The molecule has 2 aromatic rings. The van der Waals surface area contributed by atoms with Gasteiger partial charge in [-0.15, -0.1) is 0 Å². The number of amides is 1. The molecule has 0 aromatic heterocycles. The topological polar surface area (TPSA) is 65.1 Å². The summed E-state index contributed by atoms with van der Waals surface area (Å²) in [5, 5.41) is 0. The van der Waals surface area contributed by atoms with Gasteiger partial charge in [0.05, 0.1) is 12.5 Å². The lowest BCUT2D eigenvalue weighted by Crippen LogP contribution is -2.44. The van der Waals surface area contributed by atoms with Crippen LogP contribution < -0.4 is 9.47 Å². The average Bonchev–Trinajstić information content (AvgIpc) is 3.09. The molecule has 1 fully saturated rings. The Labute approximate surface area is 144 Å². The van der Waals surface area contributed by atoms with Gasteiger partial charge in [0, 0.05) is 12.5 Å². The van der Waals surface area contributed by atoms with E-state index in [0.717, 1.165) is 5.56 Å². The lowest BCUT2D eigenvalue weighted by atomic mass is 9.98. The summed E-state index contributed by atoms with van der Waals surface area (Å²) in [7, 11) is 0. The van der Waals surface area contributed by atoms with Crippen LogP contribution in [0.1, 0.15) is 36.7 Å². The SMILES string of the molecule is CC(=O)N1[C@@H](c2ccc3c(c2)OCO3)OC(=O)C[C@H]1c1ccccc1. The highest BCUT2D eigenvalue weighted by molar-refractivity contribution is 5.79. The van der Waals surface area contributed by atoms with Crippen LogP contribution in [0.25, 0.3) is 0 Å². The Morgan fingerprint density at radius 3 is 2.56 bits per heavy atom. The number of ether oxygens (including phenoxy) is 3. The zero-order valence-corrected chi connectivity index (χ0v) is 13.7. The molecule has 2 atom stereocenters. The standard InChI is InChI=1S/C19H17NO5/c1-12(21)20-15(13-5-3-2-4-6-13)10-18(22)25-19(20)14-7-8-16-17(9-14)24-11-23-16/h2-9,15,19H,10-11H2,1H3/t15-,19+/m0/s1. The highest BCUT2D eigenvalue weighted by Gasteiger charge is 2.40. The van der Waals surface area contributed by atoms with Gasteiger partial charge in [-0.2, -0.15) is 0 Å². The minimum absolute atomic E-state index is 0.130. The van der Waals surface area contributed by atoms with E-state index in [1.807, 2.05) is 30.3 Å². The Morgan fingerprint density at radius 2 is 1.80 bits per heavy atom. The van der Waals surface area contributed by atoms with Gasteiger partial charge in [-0.1, -0.05) is 30.3 Å². The lowest BCUT2D eigenvalue weighted by Gasteiger charge is -2.41. The van der Waals surface area contributed by atoms with Crippen molar-refractivity contribution in [1.82, 2.24) is 4.90 Å². The summed E-state index contributed by atoms with van der Waals surface area (Å²) in [5.74, 6) is 0.719. The normalized spacial score (nSPS) is 21.8. The summed E-state index contributed by atoms with van der Waals surface area (Å²) >= 11 is 0. The van der Waals surface area contributed by atoms with E-state index in [2.05, 4.69) is 0 Å². The van der Waals surface area contributed by atoms with Gasteiger partial charge in [-0.25, -0.2) is 0 Å². The molecule has 6 nitrogen and oxygen atoms in total. The Bertz CT molecular complexity index is 820. The van der Waals surface area contributed by atoms with Crippen LogP contribution in [0, 0.1) is 0 Å². The van der Waals surface area contributed by atoms with Crippen LogP contribution in [0.3, 0.4) is 0 Å². The van der Waals surface area contributed by atoms with Crippen LogP contribution in [-0.4, -0.2) is 23.6 Å². The van der Waals surface area contributed by atoms with Gasteiger partial charge < -0.3 is 14.2 Å². The molecule has 0 spiro atoms. The fourth-order valence-corrected chi connectivity index (χ4v) is 3.28. The van der Waals surface area contributed by atoms with Crippen molar-refractivity contribution in [3.05, 3.63) is 59.7 Å². The van der Waals surface area contributed by atoms with Crippen molar-refractivity contribution in [3.63, 3.8) is 0 Å². The van der Waals surface area contributed by atoms with Crippen LogP contribution in [0.2, 0.25) is 0 Å². The summed E-state index contributed by atoms with van der Waals surface area (Å²) in [6, 6.07) is 14.4. The van der Waals surface area contributed by atoms with Crippen molar-refractivity contribution in [1.29, 1.82) is 0 Å². The molecular weight excluding hydrogens is 322 g/mol. The number of carbonyl (C=O) groups excluding carboxylic acids is 2. The largest absolute Gasteiger partial charge is 0.454 e. The van der Waals surface area contributed by atoms with E-state index in [-0.39, 0.29) is 31.1 Å². The number of cyclic esters (lactones) is 1. The molecule has 2 heterocycles. The zero-order chi connectivity index (χ0) is 17.4. The maximum atomic E-state index is 12.4. The molecular formula is C19H17NO5. The molecule has 0 saturated carbocycles. The Hall–Kier alpha value is -3.02. The van der Waals surface area contributed by atoms with E-state index in [4.69, 9.17) is 14.2 Å². The number of hydrogen-bond donors (Lipinski definition) is 0. The summed E-state index contributed by atoms with van der Waals surface area (Å²) in [4.78, 5) is 26.2. The van der Waals surface area contributed by atoms with E-state index >= 15 is 0 Å². The third-order valence-electron chi connectivity index (χ3n) is 4.42. The number of hydrogen-bond acceptors (Lipinski definition) is 5. The number of fused-ring (bicyclic) bond motifs is 1. The predicted molar refractivity (Wildman–Crippen MR) is 87.7 cm³/mol. The second-order valence-corrected chi connectivity index (χ2v) is 6.01. The molecule has 2 aliphatic rings. The fraction of sp³-hybridized carbons (Fsp3) is 0.263. The van der Waals surface area contributed by atoms with Crippen molar-refractivity contribution in [2.45, 2.75) is 25.6 Å². The fourth-order valence-electron chi connectivity index (χ4n) is 3.28. The molecule has 0 bridgehead atoms. The van der Waals surface area contributed by atoms with Crippen LogP contribution in [-0.2, 0) is 14.3 Å². The number of esters is 1. The first-order valence-corrected chi connectivity index (χ1v) is 8.06. The van der Waals surface area contributed by atoms with E-state index in [1.54, 1.807) is 23.1 Å². The Balaban J connectivity index is 1.75. The minimum atomic E-state index is -0.793. The molecule has 0 N–H and O–H groups in total. The number of benzene rings is 2. The van der Waals surface area contributed by atoms with Gasteiger partial charge in [0.1, 0.15) is 0 Å². The van der Waals surface area contributed by atoms with Crippen LogP contribution >= 0.6 is 0 Å². The van der Waals surface area contributed by atoms with Crippen molar-refractivity contribution >= 4 is 11.9 Å². The van der Waals surface area contributed by atoms with Crippen molar-refractivity contribution in [3.8, 4) is 11.5 Å². The zero-order valence-electron chi connectivity index (χ0n) is 13.7. The van der Waals surface area contributed by atoms with Gasteiger partial charge in [0.15, 0.2) is 11.5 Å². The lowest BCUT2D eigenvalue weighted by molar-refractivity contribution is -0.183. The Morgan fingerprint density at radius 1 is 1.04 bits per heavy atom. The number of carbonyl (C=O) groups is 2. The molecule has 4 rings (SSSR count). The summed E-state index contributed by atoms with van der Waals surface area (Å²) < 4.78 is 16.2. The van der Waals surface area contributed by atoms with E-state index in [0.29, 0.717) is 17.1 Å². The first kappa shape index (κ1) is 15.5. The maximum Gasteiger partial charge on any atom is 0.310 e. The first-order valence-electron chi connectivity index (χ1n) is 8.06. The monoisotopic (exact) mass is 339 g/mol. The summed E-state index contributed by atoms with van der Waals surface area (Å²) in [6.45, 7) is 1.64. The molecule has 2 aliphatic heterocycles. The van der Waals surface area contributed by atoms with Crippen molar-refractivity contribution in [2.75, 3.05) is 6.79 Å². The van der Waals surface area contributed by atoms with Gasteiger partial charge in [-0.3, -0.25) is 14.5 Å². The first-order chi connectivity index (χ1) is 12.1. The predicted octanol–water partition coefficient (Wildman–Crippen LogP) is 2.95. The quantitative estimate of drug-likeness (QED) is 0.787. The molecule has 0 radical (unpaired) electrons. The summed E-state index contributed by atoms with van der Waals surface area (Å²) in [5.41, 5.74) is 1.58. The van der Waals surface area contributed by atoms with Crippen LogP contribution in [0.15, 0.2) is 48.5 Å². The molecule has 0 unspecified atom stereocenters. The average molecular weight is 339 g/mol. The maximum absolute atomic E-state index is 12.4.